The zero-order valence-corrected chi connectivity index (χ0v) is 20.3. The summed E-state index contributed by atoms with van der Waals surface area (Å²) >= 11 is 0. The smallest absolute Gasteiger partial charge is 0.258 e. The first-order valence-electron chi connectivity index (χ1n) is 10.6. The predicted octanol–water partition coefficient (Wildman–Crippen LogP) is -0.577. The number of rotatable bonds is 8. The maximum absolute atomic E-state index is 13.4. The Bertz CT molecular complexity index is 1120. The fraction of sp³-hybridized carbons (Fsp3) is 0.550. The summed E-state index contributed by atoms with van der Waals surface area (Å²) < 4.78 is 32.5. The Morgan fingerprint density at radius 2 is 2.15 bits per heavy atom. The number of hydrogen-bond donors (Lipinski definition) is 2. The standard InChI is InChI=1S/C20H29N7O6S/c1-13-8-27(14(2)11-28)20(30)16-7-15(22-19(29)10-26-12-21-23-24-26)5-6-17(16)33-18(13)9-25(3)34(4,31)32/h5-7,12-14,18,28H,8-11H2,1-4H3,(H,22,29)/t13-,14-,18-/m1/s1. The second kappa shape index (κ2) is 10.4. The van der Waals surface area contributed by atoms with Crippen LogP contribution >= 0.6 is 0 Å². The maximum Gasteiger partial charge on any atom is 0.258 e. The van der Waals surface area contributed by atoms with Gasteiger partial charge in [0.25, 0.3) is 5.91 Å². The van der Waals surface area contributed by atoms with E-state index < -0.39 is 28.1 Å². The molecule has 2 amide bonds. The van der Waals surface area contributed by atoms with Crippen LogP contribution in [0.2, 0.25) is 0 Å². The minimum absolute atomic E-state index is 0.0827. The average Bonchev–Trinajstić information content (AvgIpc) is 3.28. The van der Waals surface area contributed by atoms with E-state index in [2.05, 4.69) is 20.8 Å². The number of tetrazole rings is 1. The number of anilines is 1. The van der Waals surface area contributed by atoms with Crippen LogP contribution in [0.5, 0.6) is 5.75 Å². The van der Waals surface area contributed by atoms with Gasteiger partial charge in [0.2, 0.25) is 15.9 Å². The molecule has 186 valence electrons. The third kappa shape index (κ3) is 6.07. The van der Waals surface area contributed by atoms with Gasteiger partial charge in [-0.05, 0) is 35.5 Å². The first-order chi connectivity index (χ1) is 16.0. The molecule has 0 unspecified atom stereocenters. The molecule has 0 saturated carbocycles. The molecule has 0 spiro atoms. The molecule has 0 saturated heterocycles. The lowest BCUT2D eigenvalue weighted by molar-refractivity contribution is -0.116. The highest BCUT2D eigenvalue weighted by Gasteiger charge is 2.34. The van der Waals surface area contributed by atoms with Crippen LogP contribution in [0.3, 0.4) is 0 Å². The molecular formula is C20H29N7O6S. The summed E-state index contributed by atoms with van der Waals surface area (Å²) in [6.45, 7) is 3.56. The van der Waals surface area contributed by atoms with E-state index in [1.54, 1.807) is 19.1 Å². The van der Waals surface area contributed by atoms with E-state index in [1.165, 1.54) is 33.3 Å². The lowest BCUT2D eigenvalue weighted by Gasteiger charge is -2.38. The van der Waals surface area contributed by atoms with Crippen molar-refractivity contribution in [3.8, 4) is 5.75 Å². The summed E-state index contributed by atoms with van der Waals surface area (Å²) in [5.41, 5.74) is 0.559. The maximum atomic E-state index is 13.4. The lowest BCUT2D eigenvalue weighted by atomic mass is 9.99. The third-order valence-electron chi connectivity index (χ3n) is 5.65. The van der Waals surface area contributed by atoms with Crippen molar-refractivity contribution >= 4 is 27.5 Å². The van der Waals surface area contributed by atoms with E-state index in [1.807, 2.05) is 6.92 Å². The number of nitrogens with one attached hydrogen (secondary N) is 1. The van der Waals surface area contributed by atoms with Crippen molar-refractivity contribution in [3.63, 3.8) is 0 Å². The second-order valence-corrected chi connectivity index (χ2v) is 10.5. The van der Waals surface area contributed by atoms with Crippen LogP contribution in [0.25, 0.3) is 0 Å². The van der Waals surface area contributed by atoms with E-state index in [9.17, 15) is 23.1 Å². The highest BCUT2D eigenvalue weighted by Crippen LogP contribution is 2.30. The third-order valence-corrected chi connectivity index (χ3v) is 6.93. The van der Waals surface area contributed by atoms with Crippen molar-refractivity contribution in [1.82, 2.24) is 29.4 Å². The van der Waals surface area contributed by atoms with Crippen molar-refractivity contribution in [2.75, 3.05) is 38.3 Å². The molecule has 3 atom stereocenters. The molecule has 1 aromatic heterocycles. The number of benzene rings is 1. The van der Waals surface area contributed by atoms with Gasteiger partial charge in [0.1, 0.15) is 24.7 Å². The molecule has 0 bridgehead atoms. The number of ether oxygens (including phenoxy) is 1. The minimum Gasteiger partial charge on any atom is -0.488 e. The number of carbonyl (C=O) groups is 2. The average molecular weight is 496 g/mol. The van der Waals surface area contributed by atoms with E-state index in [-0.39, 0.29) is 49.4 Å². The highest BCUT2D eigenvalue weighted by atomic mass is 32.2. The van der Waals surface area contributed by atoms with Crippen LogP contribution in [0.15, 0.2) is 24.5 Å². The van der Waals surface area contributed by atoms with Gasteiger partial charge in [-0.2, -0.15) is 0 Å². The number of amides is 2. The molecule has 0 fully saturated rings. The topological polar surface area (TPSA) is 160 Å². The fourth-order valence-electron chi connectivity index (χ4n) is 3.51. The number of nitrogens with zero attached hydrogens (tertiary/aromatic N) is 6. The zero-order valence-electron chi connectivity index (χ0n) is 19.4. The predicted molar refractivity (Wildman–Crippen MR) is 122 cm³/mol. The van der Waals surface area contributed by atoms with Gasteiger partial charge in [-0.3, -0.25) is 9.59 Å². The van der Waals surface area contributed by atoms with Crippen molar-refractivity contribution in [2.24, 2.45) is 5.92 Å². The zero-order chi connectivity index (χ0) is 25.0. The molecule has 1 aliphatic heterocycles. The number of fused-ring (bicyclic) bond motifs is 1. The Kier molecular flexibility index (Phi) is 7.84. The molecule has 1 aromatic carbocycles. The summed E-state index contributed by atoms with van der Waals surface area (Å²) in [5, 5.41) is 23.0. The lowest BCUT2D eigenvalue weighted by Crippen LogP contribution is -2.50. The summed E-state index contributed by atoms with van der Waals surface area (Å²) in [6, 6.07) is 4.17. The Morgan fingerprint density at radius 3 is 2.76 bits per heavy atom. The highest BCUT2D eigenvalue weighted by molar-refractivity contribution is 7.88. The monoisotopic (exact) mass is 495 g/mol. The van der Waals surface area contributed by atoms with Gasteiger partial charge >= 0.3 is 0 Å². The van der Waals surface area contributed by atoms with Crippen LogP contribution in [-0.2, 0) is 21.4 Å². The largest absolute Gasteiger partial charge is 0.488 e. The summed E-state index contributed by atoms with van der Waals surface area (Å²) in [6.07, 6.45) is 1.86. The molecule has 2 N–H and O–H groups in total. The second-order valence-electron chi connectivity index (χ2n) is 8.43. The Balaban J connectivity index is 1.92. The molecule has 1 aliphatic rings. The van der Waals surface area contributed by atoms with Gasteiger partial charge in [-0.25, -0.2) is 17.4 Å². The Labute approximate surface area is 197 Å². The number of aliphatic hydroxyl groups excluding tert-OH is 1. The molecule has 2 aromatic rings. The fourth-order valence-corrected chi connectivity index (χ4v) is 3.93. The van der Waals surface area contributed by atoms with E-state index >= 15 is 0 Å². The number of likely N-dealkylation sites (N-methyl/N-ethyl adjacent to an activating group) is 1. The normalized spacial score (nSPS) is 19.7. The number of carbonyl (C=O) groups excluding carboxylic acids is 2. The van der Waals surface area contributed by atoms with Crippen LogP contribution < -0.4 is 10.1 Å². The number of aliphatic hydroxyl groups is 1. The summed E-state index contributed by atoms with van der Waals surface area (Å²) in [4.78, 5) is 27.3. The van der Waals surface area contributed by atoms with E-state index in [0.29, 0.717) is 5.69 Å². The summed E-state index contributed by atoms with van der Waals surface area (Å²) in [7, 11) is -1.98. The summed E-state index contributed by atoms with van der Waals surface area (Å²) in [5.74, 6) is -0.730. The molecule has 2 heterocycles. The van der Waals surface area contributed by atoms with Crippen molar-refractivity contribution in [1.29, 1.82) is 0 Å². The van der Waals surface area contributed by atoms with Crippen molar-refractivity contribution < 1.29 is 27.9 Å². The van der Waals surface area contributed by atoms with Crippen LogP contribution in [0.1, 0.15) is 24.2 Å². The van der Waals surface area contributed by atoms with Gasteiger partial charge in [0.05, 0.1) is 31.0 Å². The quantitative estimate of drug-likeness (QED) is 0.488. The van der Waals surface area contributed by atoms with Gasteiger partial charge < -0.3 is 20.1 Å². The van der Waals surface area contributed by atoms with Gasteiger partial charge in [-0.15, -0.1) is 5.10 Å². The van der Waals surface area contributed by atoms with Crippen LogP contribution in [-0.4, -0.2) is 99.9 Å². The Morgan fingerprint density at radius 1 is 1.41 bits per heavy atom. The molecule has 14 heteroatoms. The number of hydrogen-bond acceptors (Lipinski definition) is 9. The SMILES string of the molecule is C[C@@H]1CN([C@H](C)CO)C(=O)c2cc(NC(=O)Cn3cnnn3)ccc2O[C@@H]1CN(C)S(C)(=O)=O. The van der Waals surface area contributed by atoms with E-state index in [4.69, 9.17) is 4.74 Å². The van der Waals surface area contributed by atoms with Gasteiger partial charge in [0.15, 0.2) is 0 Å². The molecular weight excluding hydrogens is 466 g/mol. The molecule has 34 heavy (non-hydrogen) atoms. The number of aromatic nitrogens is 4. The number of sulfonamides is 1. The molecule has 0 radical (unpaired) electrons. The molecule has 3 rings (SSSR count). The van der Waals surface area contributed by atoms with Crippen LogP contribution in [0.4, 0.5) is 5.69 Å². The van der Waals surface area contributed by atoms with Crippen molar-refractivity contribution in [2.45, 2.75) is 32.5 Å². The Hall–Kier alpha value is -3.10. The van der Waals surface area contributed by atoms with E-state index in [0.717, 1.165) is 6.26 Å². The first-order valence-corrected chi connectivity index (χ1v) is 12.5. The van der Waals surface area contributed by atoms with Crippen molar-refractivity contribution in [3.05, 3.63) is 30.1 Å². The van der Waals surface area contributed by atoms with Gasteiger partial charge in [-0.1, -0.05) is 6.92 Å². The molecule has 0 aliphatic carbocycles. The first kappa shape index (κ1) is 25.5. The van der Waals surface area contributed by atoms with Gasteiger partial charge in [0, 0.05) is 25.2 Å². The van der Waals surface area contributed by atoms with Crippen LogP contribution in [0, 0.1) is 5.92 Å². The molecule has 13 nitrogen and oxygen atoms in total. The minimum atomic E-state index is -3.44.